The number of nitrogens with one attached hydrogen (secondary N) is 1. The van der Waals surface area contributed by atoms with Crippen LogP contribution in [0.2, 0.25) is 0 Å². The molecular formula is C23H33N5O3. The van der Waals surface area contributed by atoms with Gasteiger partial charge in [0.1, 0.15) is 5.82 Å². The van der Waals surface area contributed by atoms with Gasteiger partial charge in [-0.05, 0) is 44.7 Å². The van der Waals surface area contributed by atoms with E-state index >= 15 is 0 Å². The monoisotopic (exact) mass is 427 g/mol. The fourth-order valence-corrected chi connectivity index (χ4v) is 5.12. The van der Waals surface area contributed by atoms with Crippen LogP contribution in [0.4, 0.5) is 0 Å². The second kappa shape index (κ2) is 9.36. The van der Waals surface area contributed by atoms with Gasteiger partial charge in [-0.15, -0.1) is 0 Å². The number of aromatic nitrogens is 2. The predicted molar refractivity (Wildman–Crippen MR) is 118 cm³/mol. The molecule has 1 saturated heterocycles. The van der Waals surface area contributed by atoms with E-state index in [4.69, 9.17) is 0 Å². The van der Waals surface area contributed by atoms with Gasteiger partial charge in [0.25, 0.3) is 0 Å². The highest BCUT2D eigenvalue weighted by Gasteiger charge is 2.39. The van der Waals surface area contributed by atoms with Gasteiger partial charge in [-0.1, -0.05) is 12.1 Å². The molecule has 2 amide bonds. The van der Waals surface area contributed by atoms with Crippen LogP contribution in [0.25, 0.3) is 11.0 Å². The van der Waals surface area contributed by atoms with Crippen LogP contribution in [0.3, 0.4) is 0 Å². The Balaban J connectivity index is 1.34. The summed E-state index contributed by atoms with van der Waals surface area (Å²) < 4.78 is 2.16. The van der Waals surface area contributed by atoms with E-state index in [0.717, 1.165) is 55.6 Å². The molecule has 1 aromatic carbocycles. The molecule has 8 heteroatoms. The van der Waals surface area contributed by atoms with E-state index in [2.05, 4.69) is 25.8 Å². The number of carbonyl (C=O) groups is 2. The SMILES string of the molecule is Cc1nc2ccccc2n1CCCC(=O)N(C)[C@@H]1CCC[C@@H](N2CCNC(=O)C2)[C@@H]1O. The number of piperazine rings is 1. The molecule has 0 spiro atoms. The fraction of sp³-hybridized carbons (Fsp3) is 0.609. The minimum Gasteiger partial charge on any atom is -0.389 e. The molecule has 2 heterocycles. The van der Waals surface area contributed by atoms with Crippen molar-refractivity contribution in [2.24, 2.45) is 0 Å². The van der Waals surface area contributed by atoms with Gasteiger partial charge in [0.15, 0.2) is 0 Å². The molecule has 1 saturated carbocycles. The predicted octanol–water partition coefficient (Wildman–Crippen LogP) is 1.30. The number of carbonyl (C=O) groups excluding carboxylic acids is 2. The Bertz CT molecular complexity index is 942. The first-order valence-corrected chi connectivity index (χ1v) is 11.3. The largest absolute Gasteiger partial charge is 0.389 e. The summed E-state index contributed by atoms with van der Waals surface area (Å²) in [6.07, 6.45) is 3.13. The zero-order valence-corrected chi connectivity index (χ0v) is 18.5. The van der Waals surface area contributed by atoms with Crippen LogP contribution in [0.1, 0.15) is 37.9 Å². The fourth-order valence-electron chi connectivity index (χ4n) is 5.12. The minimum absolute atomic E-state index is 0.00678. The summed E-state index contributed by atoms with van der Waals surface area (Å²) in [6.45, 7) is 4.42. The Labute approximate surface area is 183 Å². The Kier molecular flexibility index (Phi) is 6.57. The molecule has 4 rings (SSSR count). The van der Waals surface area contributed by atoms with Crippen LogP contribution in [-0.4, -0.2) is 81.1 Å². The molecule has 2 aromatic rings. The van der Waals surface area contributed by atoms with Crippen molar-refractivity contribution < 1.29 is 14.7 Å². The summed E-state index contributed by atoms with van der Waals surface area (Å²) in [5.74, 6) is 1.02. The van der Waals surface area contributed by atoms with E-state index in [1.165, 1.54) is 0 Å². The lowest BCUT2D eigenvalue weighted by Crippen LogP contribution is -2.61. The molecule has 168 valence electrons. The summed E-state index contributed by atoms with van der Waals surface area (Å²) in [6, 6.07) is 7.78. The number of likely N-dealkylation sites (N-methyl/N-ethyl adjacent to an activating group) is 1. The topological polar surface area (TPSA) is 90.7 Å². The Hall–Kier alpha value is -2.45. The van der Waals surface area contributed by atoms with Crippen molar-refractivity contribution in [3.63, 3.8) is 0 Å². The van der Waals surface area contributed by atoms with Crippen LogP contribution >= 0.6 is 0 Å². The average molecular weight is 428 g/mol. The maximum atomic E-state index is 12.9. The van der Waals surface area contributed by atoms with Gasteiger partial charge < -0.3 is 19.9 Å². The highest BCUT2D eigenvalue weighted by molar-refractivity contribution is 5.79. The molecule has 0 unspecified atom stereocenters. The molecule has 2 N–H and O–H groups in total. The van der Waals surface area contributed by atoms with Gasteiger partial charge in [-0.3, -0.25) is 14.5 Å². The molecule has 3 atom stereocenters. The number of nitrogens with zero attached hydrogens (tertiary/aromatic N) is 4. The molecule has 8 nitrogen and oxygen atoms in total. The first-order valence-electron chi connectivity index (χ1n) is 11.3. The van der Waals surface area contributed by atoms with E-state index < -0.39 is 6.10 Å². The third kappa shape index (κ3) is 4.60. The lowest BCUT2D eigenvalue weighted by atomic mass is 9.85. The van der Waals surface area contributed by atoms with Crippen molar-refractivity contribution in [1.82, 2.24) is 24.7 Å². The molecule has 1 aliphatic heterocycles. The first-order chi connectivity index (χ1) is 15.0. The zero-order chi connectivity index (χ0) is 22.0. The van der Waals surface area contributed by atoms with Crippen LogP contribution in [0.15, 0.2) is 24.3 Å². The Morgan fingerprint density at radius 3 is 2.94 bits per heavy atom. The third-order valence-corrected chi connectivity index (χ3v) is 6.83. The number of hydrogen-bond acceptors (Lipinski definition) is 5. The number of aliphatic hydroxyl groups excluding tert-OH is 1. The molecule has 2 fully saturated rings. The molecule has 0 radical (unpaired) electrons. The van der Waals surface area contributed by atoms with E-state index in [9.17, 15) is 14.7 Å². The second-order valence-corrected chi connectivity index (χ2v) is 8.78. The third-order valence-electron chi connectivity index (χ3n) is 6.83. The van der Waals surface area contributed by atoms with Gasteiger partial charge in [0.05, 0.1) is 29.7 Å². The lowest BCUT2D eigenvalue weighted by Gasteiger charge is -2.45. The van der Waals surface area contributed by atoms with Crippen LogP contribution in [-0.2, 0) is 16.1 Å². The number of aliphatic hydroxyl groups is 1. The van der Waals surface area contributed by atoms with Crippen molar-refractivity contribution in [1.29, 1.82) is 0 Å². The van der Waals surface area contributed by atoms with Crippen LogP contribution < -0.4 is 5.32 Å². The summed E-state index contributed by atoms with van der Waals surface area (Å²) in [5.41, 5.74) is 2.07. The zero-order valence-electron chi connectivity index (χ0n) is 18.5. The number of para-hydroxylation sites is 2. The van der Waals surface area contributed by atoms with Gasteiger partial charge in [0.2, 0.25) is 11.8 Å². The van der Waals surface area contributed by atoms with E-state index in [1.807, 2.05) is 25.1 Å². The number of hydrogen-bond donors (Lipinski definition) is 2. The maximum absolute atomic E-state index is 12.9. The van der Waals surface area contributed by atoms with E-state index in [1.54, 1.807) is 11.9 Å². The molecule has 31 heavy (non-hydrogen) atoms. The smallest absolute Gasteiger partial charge is 0.234 e. The summed E-state index contributed by atoms with van der Waals surface area (Å²) >= 11 is 0. The maximum Gasteiger partial charge on any atom is 0.234 e. The summed E-state index contributed by atoms with van der Waals surface area (Å²) in [7, 11) is 1.80. The van der Waals surface area contributed by atoms with Crippen molar-refractivity contribution in [3.05, 3.63) is 30.1 Å². The van der Waals surface area contributed by atoms with Crippen LogP contribution in [0, 0.1) is 6.92 Å². The van der Waals surface area contributed by atoms with Crippen molar-refractivity contribution in [2.45, 2.75) is 63.8 Å². The average Bonchev–Trinajstić information content (AvgIpc) is 3.08. The van der Waals surface area contributed by atoms with Gasteiger partial charge in [-0.2, -0.15) is 0 Å². The highest BCUT2D eigenvalue weighted by Crippen LogP contribution is 2.27. The van der Waals surface area contributed by atoms with Crippen molar-refractivity contribution in [2.75, 3.05) is 26.7 Å². The van der Waals surface area contributed by atoms with E-state index in [0.29, 0.717) is 19.5 Å². The van der Waals surface area contributed by atoms with Gasteiger partial charge >= 0.3 is 0 Å². The number of fused-ring (bicyclic) bond motifs is 1. The molecule has 2 aliphatic rings. The molecule has 1 aliphatic carbocycles. The quantitative estimate of drug-likeness (QED) is 0.725. The summed E-state index contributed by atoms with van der Waals surface area (Å²) in [4.78, 5) is 33.1. The number of benzene rings is 1. The van der Waals surface area contributed by atoms with Crippen molar-refractivity contribution >= 4 is 22.8 Å². The normalized spacial score (nSPS) is 24.9. The molecule has 1 aromatic heterocycles. The van der Waals surface area contributed by atoms with Gasteiger partial charge in [0, 0.05) is 39.1 Å². The number of aryl methyl sites for hydroxylation is 2. The Morgan fingerprint density at radius 1 is 1.32 bits per heavy atom. The molecule has 0 bridgehead atoms. The van der Waals surface area contributed by atoms with E-state index in [-0.39, 0.29) is 23.9 Å². The number of amides is 2. The standard InChI is InChI=1S/C23H33N5O3/c1-16-25-17-7-3-4-8-18(17)28(16)13-6-11-22(30)26(2)19-9-5-10-20(23(19)31)27-14-12-24-21(29)15-27/h3-4,7-8,19-20,23,31H,5-6,9-15H2,1-2H3,(H,24,29)/t19-,20-,23-/m1/s1. The first kappa shape index (κ1) is 21.8. The minimum atomic E-state index is -0.631. The Morgan fingerprint density at radius 2 is 2.13 bits per heavy atom. The highest BCUT2D eigenvalue weighted by atomic mass is 16.3. The van der Waals surface area contributed by atoms with Crippen molar-refractivity contribution in [3.8, 4) is 0 Å². The molecular weight excluding hydrogens is 394 g/mol. The van der Waals surface area contributed by atoms with Gasteiger partial charge in [-0.25, -0.2) is 4.98 Å². The van der Waals surface area contributed by atoms with Crippen LogP contribution in [0.5, 0.6) is 0 Å². The number of rotatable bonds is 6. The lowest BCUT2D eigenvalue weighted by molar-refractivity contribution is -0.139. The number of imidazole rings is 1. The summed E-state index contributed by atoms with van der Waals surface area (Å²) in [5, 5.41) is 13.9. The second-order valence-electron chi connectivity index (χ2n) is 8.78.